The van der Waals surface area contributed by atoms with Crippen LogP contribution in [0.15, 0.2) is 54.6 Å². The van der Waals surface area contributed by atoms with Crippen molar-refractivity contribution >= 4 is 28.5 Å². The molecule has 2 aromatic carbocycles. The molecule has 0 radical (unpaired) electrons. The number of benzene rings is 2. The molecular weight excluding hydrogens is 392 g/mol. The average Bonchev–Trinajstić information content (AvgIpc) is 2.75. The lowest BCUT2D eigenvalue weighted by Gasteiger charge is -2.25. The number of rotatable bonds is 9. The molecule has 2 N–H and O–H groups in total. The van der Waals surface area contributed by atoms with Crippen molar-refractivity contribution in [1.29, 1.82) is 0 Å². The number of anilines is 1. The molecule has 3 rings (SSSR count). The number of nitrogens with one attached hydrogen (secondary N) is 1. The highest BCUT2D eigenvalue weighted by molar-refractivity contribution is 5.94. The van der Waals surface area contributed by atoms with Gasteiger partial charge in [-0.05, 0) is 49.6 Å². The maximum atomic E-state index is 12.5. The molecule has 31 heavy (non-hydrogen) atoms. The molecule has 0 aliphatic heterocycles. The zero-order valence-electron chi connectivity index (χ0n) is 18.1. The van der Waals surface area contributed by atoms with Crippen LogP contribution in [0.4, 0.5) is 5.69 Å². The highest BCUT2D eigenvalue weighted by atomic mass is 16.5. The Hall–Kier alpha value is -3.41. The number of ether oxygens (including phenoxy) is 1. The summed E-state index contributed by atoms with van der Waals surface area (Å²) in [5.41, 5.74) is 2.41. The van der Waals surface area contributed by atoms with E-state index in [2.05, 4.69) is 16.4 Å². The van der Waals surface area contributed by atoms with Gasteiger partial charge in [-0.15, -0.1) is 0 Å². The van der Waals surface area contributed by atoms with Gasteiger partial charge in [0.15, 0.2) is 0 Å². The van der Waals surface area contributed by atoms with E-state index in [1.807, 2.05) is 31.2 Å². The van der Waals surface area contributed by atoms with Crippen molar-refractivity contribution in [1.82, 2.24) is 4.98 Å². The lowest BCUT2D eigenvalue weighted by atomic mass is 9.79. The SMILES string of the molecule is CCC(CC)(CC(=O)Nc1cccc(OCc2ccc3ccc(C)cc3n2)c1)C(=O)O. The molecule has 0 atom stereocenters. The molecule has 0 aliphatic rings. The minimum absolute atomic E-state index is 0.0686. The van der Waals surface area contributed by atoms with Crippen LogP contribution >= 0.6 is 0 Å². The minimum atomic E-state index is -1.04. The van der Waals surface area contributed by atoms with E-state index in [4.69, 9.17) is 4.74 Å². The molecule has 0 spiro atoms. The van der Waals surface area contributed by atoms with Crippen LogP contribution in [0, 0.1) is 12.3 Å². The molecule has 0 saturated heterocycles. The Morgan fingerprint density at radius 3 is 2.52 bits per heavy atom. The first-order chi connectivity index (χ1) is 14.8. The Labute approximate surface area is 182 Å². The van der Waals surface area contributed by atoms with E-state index in [-0.39, 0.29) is 12.3 Å². The molecule has 0 unspecified atom stereocenters. The molecule has 0 bridgehead atoms. The van der Waals surface area contributed by atoms with E-state index < -0.39 is 11.4 Å². The Kier molecular flexibility index (Phi) is 6.90. The van der Waals surface area contributed by atoms with Crippen molar-refractivity contribution < 1.29 is 19.4 Å². The smallest absolute Gasteiger partial charge is 0.310 e. The Bertz CT molecular complexity index is 1090. The standard InChI is InChI=1S/C25H28N2O4/c1-4-25(5-2,24(29)30)15-23(28)27-19-7-6-8-21(14-19)31-16-20-12-11-18-10-9-17(3)13-22(18)26-20/h6-14H,4-5,15-16H2,1-3H3,(H,27,28)(H,29,30). The zero-order valence-corrected chi connectivity index (χ0v) is 18.1. The topological polar surface area (TPSA) is 88.5 Å². The highest BCUT2D eigenvalue weighted by Crippen LogP contribution is 2.31. The number of fused-ring (bicyclic) bond motifs is 1. The molecule has 0 saturated carbocycles. The van der Waals surface area contributed by atoms with Crippen LogP contribution in [-0.2, 0) is 16.2 Å². The van der Waals surface area contributed by atoms with Gasteiger partial charge < -0.3 is 15.2 Å². The molecule has 0 fully saturated rings. The second-order valence-corrected chi connectivity index (χ2v) is 7.83. The monoisotopic (exact) mass is 420 g/mol. The molecule has 1 aromatic heterocycles. The fourth-order valence-corrected chi connectivity index (χ4v) is 3.56. The number of aromatic nitrogens is 1. The van der Waals surface area contributed by atoms with Crippen LogP contribution in [0.5, 0.6) is 5.75 Å². The van der Waals surface area contributed by atoms with Gasteiger partial charge in [0.1, 0.15) is 12.4 Å². The van der Waals surface area contributed by atoms with Gasteiger partial charge in [0, 0.05) is 23.6 Å². The number of hydrogen-bond donors (Lipinski definition) is 2. The highest BCUT2D eigenvalue weighted by Gasteiger charge is 2.37. The van der Waals surface area contributed by atoms with Gasteiger partial charge in [0.05, 0.1) is 16.6 Å². The normalized spacial score (nSPS) is 11.3. The summed E-state index contributed by atoms with van der Waals surface area (Å²) in [4.78, 5) is 28.8. The number of carbonyl (C=O) groups is 2. The molecule has 162 valence electrons. The van der Waals surface area contributed by atoms with Crippen LogP contribution in [-0.4, -0.2) is 22.0 Å². The van der Waals surface area contributed by atoms with Gasteiger partial charge in [-0.2, -0.15) is 0 Å². The van der Waals surface area contributed by atoms with E-state index in [9.17, 15) is 14.7 Å². The van der Waals surface area contributed by atoms with Crippen LogP contribution in [0.1, 0.15) is 44.4 Å². The Morgan fingerprint density at radius 2 is 1.81 bits per heavy atom. The largest absolute Gasteiger partial charge is 0.487 e. The maximum Gasteiger partial charge on any atom is 0.310 e. The van der Waals surface area contributed by atoms with Crippen LogP contribution in [0.25, 0.3) is 10.9 Å². The van der Waals surface area contributed by atoms with E-state index in [0.717, 1.165) is 22.2 Å². The van der Waals surface area contributed by atoms with Crippen molar-refractivity contribution in [3.63, 3.8) is 0 Å². The first-order valence-electron chi connectivity index (χ1n) is 10.5. The van der Waals surface area contributed by atoms with E-state index >= 15 is 0 Å². The molecule has 6 nitrogen and oxygen atoms in total. The second kappa shape index (κ2) is 9.60. The van der Waals surface area contributed by atoms with E-state index in [0.29, 0.717) is 30.9 Å². The number of carboxylic acid groups (broad SMARTS) is 1. The number of pyridine rings is 1. The van der Waals surface area contributed by atoms with Gasteiger partial charge in [-0.3, -0.25) is 9.59 Å². The number of carboxylic acids is 1. The fraction of sp³-hybridized carbons (Fsp3) is 0.320. The van der Waals surface area contributed by atoms with Crippen LogP contribution in [0.2, 0.25) is 0 Å². The summed E-state index contributed by atoms with van der Waals surface area (Å²) in [5, 5.41) is 13.4. The van der Waals surface area contributed by atoms with Crippen molar-refractivity contribution in [2.24, 2.45) is 5.41 Å². The summed E-state index contributed by atoms with van der Waals surface area (Å²) < 4.78 is 5.87. The molecule has 1 heterocycles. The molecule has 6 heteroatoms. The summed E-state index contributed by atoms with van der Waals surface area (Å²) in [6.45, 7) is 5.92. The van der Waals surface area contributed by atoms with Gasteiger partial charge in [0.25, 0.3) is 0 Å². The molecule has 3 aromatic rings. The molecule has 0 aliphatic carbocycles. The number of aliphatic carboxylic acids is 1. The third kappa shape index (κ3) is 5.40. The number of amides is 1. The van der Waals surface area contributed by atoms with E-state index in [1.54, 1.807) is 38.1 Å². The van der Waals surface area contributed by atoms with Gasteiger partial charge >= 0.3 is 5.97 Å². The van der Waals surface area contributed by atoms with E-state index in [1.165, 1.54) is 0 Å². The van der Waals surface area contributed by atoms with Crippen LogP contribution in [0.3, 0.4) is 0 Å². The van der Waals surface area contributed by atoms with Gasteiger partial charge in [-0.1, -0.05) is 38.1 Å². The fourth-order valence-electron chi connectivity index (χ4n) is 3.56. The Morgan fingerprint density at radius 1 is 1.06 bits per heavy atom. The Balaban J connectivity index is 1.65. The summed E-state index contributed by atoms with van der Waals surface area (Å²) in [6, 6.07) is 17.2. The average molecular weight is 421 g/mol. The van der Waals surface area contributed by atoms with Gasteiger partial charge in [0.2, 0.25) is 5.91 Å². The summed E-state index contributed by atoms with van der Waals surface area (Å²) in [7, 11) is 0. The number of carbonyl (C=O) groups excluding carboxylic acids is 1. The third-order valence-corrected chi connectivity index (χ3v) is 5.72. The third-order valence-electron chi connectivity index (χ3n) is 5.72. The summed E-state index contributed by atoms with van der Waals surface area (Å²) >= 11 is 0. The second-order valence-electron chi connectivity index (χ2n) is 7.83. The zero-order chi connectivity index (χ0) is 22.4. The lowest BCUT2D eigenvalue weighted by molar-refractivity contribution is -0.151. The summed E-state index contributed by atoms with van der Waals surface area (Å²) in [6.07, 6.45) is 0.724. The number of nitrogens with zero attached hydrogens (tertiary/aromatic N) is 1. The number of aryl methyl sites for hydroxylation is 1. The molecular formula is C25H28N2O4. The summed E-state index contributed by atoms with van der Waals surface area (Å²) in [5.74, 6) is -0.669. The predicted molar refractivity (Wildman–Crippen MR) is 121 cm³/mol. The minimum Gasteiger partial charge on any atom is -0.487 e. The quantitative estimate of drug-likeness (QED) is 0.488. The van der Waals surface area contributed by atoms with Crippen molar-refractivity contribution in [3.05, 3.63) is 65.9 Å². The van der Waals surface area contributed by atoms with Crippen molar-refractivity contribution in [2.45, 2.75) is 46.6 Å². The molecule has 1 amide bonds. The lowest BCUT2D eigenvalue weighted by Crippen LogP contribution is -2.34. The predicted octanol–water partition coefficient (Wildman–Crippen LogP) is 5.34. The maximum absolute atomic E-state index is 12.5. The van der Waals surface area contributed by atoms with Crippen molar-refractivity contribution in [2.75, 3.05) is 5.32 Å². The number of hydrogen-bond acceptors (Lipinski definition) is 4. The first kappa shape index (κ1) is 22.3. The van der Waals surface area contributed by atoms with Gasteiger partial charge in [-0.25, -0.2) is 4.98 Å². The van der Waals surface area contributed by atoms with Crippen molar-refractivity contribution in [3.8, 4) is 5.75 Å². The first-order valence-corrected chi connectivity index (χ1v) is 10.5. The van der Waals surface area contributed by atoms with Crippen LogP contribution < -0.4 is 10.1 Å².